The molecule has 0 saturated heterocycles. The number of hydrogen-bond acceptors (Lipinski definition) is 3. The lowest BCUT2D eigenvalue weighted by Gasteiger charge is -2.25. The van der Waals surface area contributed by atoms with Gasteiger partial charge in [0.05, 0.1) is 5.41 Å². The first-order valence-electron chi connectivity index (χ1n) is 8.67. The molecule has 1 aromatic carbocycles. The van der Waals surface area contributed by atoms with Crippen molar-refractivity contribution in [2.24, 2.45) is 11.8 Å². The maximum atomic E-state index is 13.3. The first kappa shape index (κ1) is 15.8. The third-order valence-electron chi connectivity index (χ3n) is 5.65. The summed E-state index contributed by atoms with van der Waals surface area (Å²) in [5.74, 6) is 0.720. The molecule has 2 aromatic rings. The average Bonchev–Trinajstić information content (AvgIpc) is 3.17. The second-order valence-corrected chi connectivity index (χ2v) is 7.87. The number of aromatic nitrogens is 1. The molecule has 1 aromatic heterocycles. The Morgan fingerprint density at radius 2 is 1.96 bits per heavy atom. The molecule has 2 aliphatic rings. The molecule has 1 N–H and O–H groups in total. The van der Waals surface area contributed by atoms with Crippen LogP contribution in [-0.2, 0) is 10.2 Å². The van der Waals surface area contributed by atoms with Crippen LogP contribution in [0.2, 0.25) is 0 Å². The molecule has 0 spiro atoms. The Morgan fingerprint density at radius 3 is 2.62 bits per heavy atom. The monoisotopic (exact) mass is 344 g/mol. The van der Waals surface area contributed by atoms with Crippen LogP contribution in [0.25, 0.3) is 0 Å². The Morgan fingerprint density at radius 1 is 1.21 bits per heavy atom. The fraction of sp³-hybridized carbons (Fsp3) is 0.474. The zero-order valence-corrected chi connectivity index (χ0v) is 14.3. The lowest BCUT2D eigenvalue weighted by atomic mass is 9.80. The number of benzene rings is 1. The second kappa shape index (κ2) is 6.28. The first-order valence-corrected chi connectivity index (χ1v) is 9.55. The third-order valence-corrected chi connectivity index (χ3v) is 6.34. The van der Waals surface area contributed by atoms with E-state index >= 15 is 0 Å². The minimum absolute atomic E-state index is 0.0135. The van der Waals surface area contributed by atoms with Crippen molar-refractivity contribution in [1.29, 1.82) is 0 Å². The number of thiazole rings is 1. The quantitative estimate of drug-likeness (QED) is 0.869. The van der Waals surface area contributed by atoms with Gasteiger partial charge in [-0.2, -0.15) is 0 Å². The van der Waals surface area contributed by atoms with Gasteiger partial charge in [-0.1, -0.05) is 44.2 Å². The molecule has 2 aliphatic carbocycles. The SMILES string of the molecule is O=C(Nc1nccs1)C1(c2ccc(F)cc2)CC1C1CCCCC1. The largest absolute Gasteiger partial charge is 0.301 e. The van der Waals surface area contributed by atoms with Crippen molar-refractivity contribution in [3.8, 4) is 0 Å². The van der Waals surface area contributed by atoms with Crippen LogP contribution in [0.4, 0.5) is 9.52 Å². The molecule has 24 heavy (non-hydrogen) atoms. The summed E-state index contributed by atoms with van der Waals surface area (Å²) in [7, 11) is 0. The summed E-state index contributed by atoms with van der Waals surface area (Å²) in [5, 5.41) is 5.47. The molecule has 0 radical (unpaired) electrons. The van der Waals surface area contributed by atoms with Crippen LogP contribution in [0.1, 0.15) is 44.1 Å². The normalized spacial score (nSPS) is 27.0. The van der Waals surface area contributed by atoms with Gasteiger partial charge < -0.3 is 5.32 Å². The molecule has 3 nitrogen and oxygen atoms in total. The van der Waals surface area contributed by atoms with Crippen LogP contribution in [0.3, 0.4) is 0 Å². The van der Waals surface area contributed by atoms with E-state index in [0.29, 0.717) is 17.0 Å². The van der Waals surface area contributed by atoms with E-state index in [9.17, 15) is 9.18 Å². The van der Waals surface area contributed by atoms with E-state index in [-0.39, 0.29) is 11.7 Å². The predicted molar refractivity (Wildman–Crippen MR) is 93.5 cm³/mol. The molecular weight excluding hydrogens is 323 g/mol. The highest BCUT2D eigenvalue weighted by Gasteiger charge is 2.63. The Hall–Kier alpha value is -1.75. The summed E-state index contributed by atoms with van der Waals surface area (Å²) in [5.41, 5.74) is 0.426. The molecular formula is C19H21FN2OS. The van der Waals surface area contributed by atoms with Gasteiger partial charge in [-0.15, -0.1) is 11.3 Å². The number of nitrogens with one attached hydrogen (secondary N) is 1. The lowest BCUT2D eigenvalue weighted by molar-refractivity contribution is -0.119. The Kier molecular flexibility index (Phi) is 4.12. The Balaban J connectivity index is 1.63. The zero-order chi connectivity index (χ0) is 16.6. The van der Waals surface area contributed by atoms with Crippen molar-refractivity contribution in [3.63, 3.8) is 0 Å². The number of rotatable bonds is 4. The Bertz CT molecular complexity index is 709. The molecule has 2 unspecified atom stereocenters. The highest BCUT2D eigenvalue weighted by molar-refractivity contribution is 7.13. The third kappa shape index (κ3) is 2.75. The average molecular weight is 344 g/mol. The maximum absolute atomic E-state index is 13.3. The number of amides is 1. The van der Waals surface area contributed by atoms with E-state index in [1.165, 1.54) is 55.6 Å². The maximum Gasteiger partial charge on any atom is 0.237 e. The van der Waals surface area contributed by atoms with Crippen molar-refractivity contribution >= 4 is 22.4 Å². The summed E-state index contributed by atoms with van der Waals surface area (Å²) >= 11 is 1.43. The van der Waals surface area contributed by atoms with Crippen LogP contribution in [0.5, 0.6) is 0 Å². The van der Waals surface area contributed by atoms with Crippen LogP contribution in [0, 0.1) is 17.7 Å². The van der Waals surface area contributed by atoms with Gasteiger partial charge >= 0.3 is 0 Å². The van der Waals surface area contributed by atoms with Gasteiger partial charge in [-0.3, -0.25) is 4.79 Å². The summed E-state index contributed by atoms with van der Waals surface area (Å²) < 4.78 is 13.3. The van der Waals surface area contributed by atoms with Gasteiger partial charge in [0.25, 0.3) is 0 Å². The number of anilines is 1. The molecule has 2 saturated carbocycles. The van der Waals surface area contributed by atoms with E-state index in [1.54, 1.807) is 18.3 Å². The molecule has 2 fully saturated rings. The van der Waals surface area contributed by atoms with Crippen molar-refractivity contribution < 1.29 is 9.18 Å². The van der Waals surface area contributed by atoms with Crippen LogP contribution in [0.15, 0.2) is 35.8 Å². The second-order valence-electron chi connectivity index (χ2n) is 6.98. The number of hydrogen-bond donors (Lipinski definition) is 1. The van der Waals surface area contributed by atoms with Crippen molar-refractivity contribution in [2.75, 3.05) is 5.32 Å². The molecule has 2 atom stereocenters. The summed E-state index contributed by atoms with van der Waals surface area (Å²) in [6.07, 6.45) is 8.79. The lowest BCUT2D eigenvalue weighted by Crippen LogP contribution is -2.32. The summed E-state index contributed by atoms with van der Waals surface area (Å²) in [6.45, 7) is 0. The standard InChI is InChI=1S/C19H21FN2OS/c20-15-8-6-14(7-9-15)19(17(23)22-18-21-10-11-24-18)12-16(19)13-4-2-1-3-5-13/h6-11,13,16H,1-5,12H2,(H,21,22,23). The van der Waals surface area contributed by atoms with Crippen LogP contribution < -0.4 is 5.32 Å². The van der Waals surface area contributed by atoms with Crippen molar-refractivity contribution in [2.45, 2.75) is 43.9 Å². The van der Waals surface area contributed by atoms with Gasteiger partial charge in [0.2, 0.25) is 5.91 Å². The topological polar surface area (TPSA) is 42.0 Å². The van der Waals surface area contributed by atoms with Gasteiger partial charge in [0.1, 0.15) is 5.82 Å². The first-order chi connectivity index (χ1) is 11.7. The number of carbonyl (C=O) groups excluding carboxylic acids is 1. The van der Waals surface area contributed by atoms with E-state index in [1.807, 2.05) is 5.38 Å². The zero-order valence-electron chi connectivity index (χ0n) is 13.5. The van der Waals surface area contributed by atoms with Crippen molar-refractivity contribution in [1.82, 2.24) is 4.98 Å². The highest BCUT2D eigenvalue weighted by Crippen LogP contribution is 2.61. The minimum Gasteiger partial charge on any atom is -0.301 e. The fourth-order valence-corrected chi connectivity index (χ4v) is 4.88. The van der Waals surface area contributed by atoms with E-state index in [4.69, 9.17) is 0 Å². The molecule has 126 valence electrons. The van der Waals surface area contributed by atoms with E-state index in [0.717, 1.165) is 12.0 Å². The summed E-state index contributed by atoms with van der Waals surface area (Å²) in [4.78, 5) is 17.3. The van der Waals surface area contributed by atoms with Gasteiger partial charge in [0.15, 0.2) is 5.13 Å². The van der Waals surface area contributed by atoms with Crippen LogP contribution >= 0.6 is 11.3 Å². The Labute approximate surface area is 145 Å². The highest BCUT2D eigenvalue weighted by atomic mass is 32.1. The number of halogens is 1. The van der Waals surface area contributed by atoms with Crippen LogP contribution in [-0.4, -0.2) is 10.9 Å². The number of nitrogens with zero attached hydrogens (tertiary/aromatic N) is 1. The van der Waals surface area contributed by atoms with Gasteiger partial charge in [-0.25, -0.2) is 9.37 Å². The summed E-state index contributed by atoms with van der Waals surface area (Å²) in [6, 6.07) is 6.48. The smallest absolute Gasteiger partial charge is 0.237 e. The number of carbonyl (C=O) groups is 1. The van der Waals surface area contributed by atoms with Crippen molar-refractivity contribution in [3.05, 3.63) is 47.2 Å². The van der Waals surface area contributed by atoms with Gasteiger partial charge in [0, 0.05) is 11.6 Å². The molecule has 0 aliphatic heterocycles. The van der Waals surface area contributed by atoms with E-state index < -0.39 is 5.41 Å². The van der Waals surface area contributed by atoms with Gasteiger partial charge in [-0.05, 0) is 36.0 Å². The molecule has 4 rings (SSSR count). The molecule has 5 heteroatoms. The fourth-order valence-electron chi connectivity index (χ4n) is 4.36. The molecule has 1 amide bonds. The minimum atomic E-state index is -0.513. The van der Waals surface area contributed by atoms with E-state index in [2.05, 4.69) is 10.3 Å². The predicted octanol–water partition coefficient (Wildman–Crippen LogP) is 4.76. The molecule has 0 bridgehead atoms. The molecule has 1 heterocycles.